The molecule has 1 saturated carbocycles. The number of ketones is 2. The molecule has 0 aliphatic heterocycles. The van der Waals surface area contributed by atoms with Gasteiger partial charge < -0.3 is 43.8 Å². The van der Waals surface area contributed by atoms with Crippen molar-refractivity contribution in [3.8, 4) is 100 Å². The minimum atomic E-state index is -0.412. The fourth-order valence-electron chi connectivity index (χ4n) is 15.7. The maximum atomic E-state index is 13.2. The van der Waals surface area contributed by atoms with Crippen molar-refractivity contribution in [2.24, 2.45) is 5.41 Å². The number of pyridine rings is 4. The SMILES string of the molecule is CCCCOc1ccc(-c2cc(-c3ccc(C)cc3)c(CC(=O)c3cc(C)no3)c(=O)[nH]2)cc1.CCCCOc1ccc(-c2cc(-c3ccc(C)cc3)c(CC(=O)c3ccno3)c(=O)[nH]2)cc1.Cc1ccc(-c2cc(-c3ccc(C4=CCC(C)(C)CC4)cc3)[nH]c(=O)c2-c2ncn[nH]2)cc1.Cc1ccc(NC(=O)c2c(-c3ccc(Cl)s3)cc(C3CCCCC3)[nH]c2=O)cc1. The highest BCUT2D eigenvalue weighted by atomic mass is 35.5. The smallest absolute Gasteiger partial charge is 0.261 e. The second-order valence-corrected chi connectivity index (χ2v) is 35.4. The van der Waals surface area contributed by atoms with E-state index >= 15 is 0 Å². The molecule has 0 saturated heterocycles. The van der Waals surface area contributed by atoms with Gasteiger partial charge in [-0.2, -0.15) is 5.10 Å². The van der Waals surface area contributed by atoms with Crippen LogP contribution in [0.4, 0.5) is 5.69 Å². The Balaban J connectivity index is 0.000000139. The first-order valence-corrected chi connectivity index (χ1v) is 45.0. The van der Waals surface area contributed by atoms with Crippen molar-refractivity contribution >= 4 is 51.7 Å². The molecular formula is C106H105ClN10O11S. The molecular weight excluding hydrogens is 1660 g/mol. The Morgan fingerprint density at radius 3 is 1.47 bits per heavy atom. The van der Waals surface area contributed by atoms with Crippen molar-refractivity contribution in [1.82, 2.24) is 45.4 Å². The van der Waals surface area contributed by atoms with Gasteiger partial charge in [0, 0.05) is 80.6 Å². The van der Waals surface area contributed by atoms with Gasteiger partial charge in [0.1, 0.15) is 23.4 Å². The lowest BCUT2D eigenvalue weighted by Crippen LogP contribution is -2.26. The highest BCUT2D eigenvalue weighted by Crippen LogP contribution is 2.41. The van der Waals surface area contributed by atoms with Crippen LogP contribution in [0.25, 0.3) is 94.6 Å². The molecule has 6 N–H and O–H groups in total. The van der Waals surface area contributed by atoms with E-state index in [-0.39, 0.29) is 63.7 Å². The van der Waals surface area contributed by atoms with E-state index in [4.69, 9.17) is 30.1 Å². The van der Waals surface area contributed by atoms with Crippen molar-refractivity contribution in [2.75, 3.05) is 18.5 Å². The summed E-state index contributed by atoms with van der Waals surface area (Å²) in [5, 5.41) is 17.0. The molecule has 129 heavy (non-hydrogen) atoms. The highest BCUT2D eigenvalue weighted by Gasteiger charge is 2.28. The number of aromatic nitrogens is 9. The van der Waals surface area contributed by atoms with Crippen LogP contribution in [0.5, 0.6) is 11.5 Å². The molecule has 23 heteroatoms. The maximum absolute atomic E-state index is 13.2. The van der Waals surface area contributed by atoms with E-state index in [1.54, 1.807) is 19.1 Å². The number of carbonyl (C=O) groups excluding carboxylic acids is 3. The third kappa shape index (κ3) is 23.6. The maximum Gasteiger partial charge on any atom is 0.261 e. The molecule has 2 aliphatic carbocycles. The van der Waals surface area contributed by atoms with Crippen molar-refractivity contribution in [3.63, 3.8) is 0 Å². The Morgan fingerprint density at radius 1 is 0.519 bits per heavy atom. The zero-order valence-corrected chi connectivity index (χ0v) is 75.5. The average molecular weight is 1760 g/mol. The minimum absolute atomic E-state index is 0.0851. The second kappa shape index (κ2) is 42.6. The Hall–Kier alpha value is -14.0. The number of H-pyrrole nitrogens is 5. The van der Waals surface area contributed by atoms with Gasteiger partial charge in [0.25, 0.3) is 28.1 Å². The van der Waals surface area contributed by atoms with Gasteiger partial charge in [-0.05, 0) is 244 Å². The molecule has 0 radical (unpaired) electrons. The van der Waals surface area contributed by atoms with Crippen LogP contribution >= 0.6 is 22.9 Å². The van der Waals surface area contributed by atoms with Crippen LogP contribution < -0.4 is 37.0 Å². The van der Waals surface area contributed by atoms with Gasteiger partial charge in [-0.1, -0.05) is 219 Å². The minimum Gasteiger partial charge on any atom is -0.494 e. The number of rotatable bonds is 26. The number of aryl methyl sites for hydroxylation is 5. The third-order valence-electron chi connectivity index (χ3n) is 23.2. The van der Waals surface area contributed by atoms with Crippen LogP contribution in [0.15, 0.2) is 265 Å². The standard InChI is InChI=1S/C28H28N4O.C28H28N2O4.C27H26N2O4.C23H23ClN2O2S/c1-18-4-6-21(7-5-18)23-16-24(31-27(33)25(23)26-29-17-30-32-26)22-10-8-19(9-11-22)20-12-14-28(2,3)15-13-20;1-4-5-14-33-22-12-10-21(11-13-22)25-16-23(20-8-6-18(2)7-9-20)24(28(32)29-25)17-26(31)27-15-19(3)30-34-27;1-3-4-15-32-21-11-9-20(10-12-21)24-16-22(19-7-5-18(2)6-8-19)23(27(31)29-24)17-25(30)26-13-14-28-33-26;1-14-7-9-16(10-8-14)25-22(27)21-17(19-11-12-20(24)29-19)13-18(26-23(21)28)15-5-3-2-4-6-15/h4-12,16-17H,13-15H2,1-3H3,(H,31,33)(H,29,30,32);6-13,15-16H,4-5,14,17H2,1-3H3,(H,29,32);5-14,16H,3-4,15,17H2,1-2H3,(H,29,31);7-13,15H,2-6H2,1H3,(H,25,27)(H,26,28). The average Bonchev–Trinajstić information content (AvgIpc) is 1.50. The summed E-state index contributed by atoms with van der Waals surface area (Å²) < 4.78 is 22.2. The second-order valence-electron chi connectivity index (χ2n) is 33.7. The summed E-state index contributed by atoms with van der Waals surface area (Å²) in [6, 6.07) is 69.9. The van der Waals surface area contributed by atoms with Crippen molar-refractivity contribution in [1.29, 1.82) is 0 Å². The molecule has 8 aromatic heterocycles. The number of hydrogen-bond acceptors (Lipinski definition) is 16. The van der Waals surface area contributed by atoms with Crippen LogP contribution in [0.1, 0.15) is 192 Å². The molecule has 21 nitrogen and oxygen atoms in total. The first-order chi connectivity index (χ1) is 62.4. The molecule has 658 valence electrons. The number of Topliss-reactive ketones (excluding diaryl/α,β-unsaturated/α-hetero) is 2. The number of nitrogens with one attached hydrogen (secondary N) is 6. The van der Waals surface area contributed by atoms with Crippen molar-refractivity contribution in [3.05, 3.63) is 350 Å². The van der Waals surface area contributed by atoms with Gasteiger partial charge in [-0.15, -0.1) is 11.3 Å². The number of carbonyl (C=O) groups is 3. The number of nitrogens with zero attached hydrogens (tertiary/aromatic N) is 4. The first kappa shape index (κ1) is 91.3. The number of anilines is 1. The van der Waals surface area contributed by atoms with Crippen LogP contribution in [-0.2, 0) is 12.8 Å². The molecule has 17 rings (SSSR count). The van der Waals surface area contributed by atoms with E-state index < -0.39 is 5.91 Å². The summed E-state index contributed by atoms with van der Waals surface area (Å²) >= 11 is 7.52. The molecule has 0 unspecified atom stereocenters. The number of aromatic amines is 5. The lowest BCUT2D eigenvalue weighted by atomic mass is 9.77. The molecule has 7 aromatic carbocycles. The lowest BCUT2D eigenvalue weighted by molar-refractivity contribution is 0.0950. The van der Waals surface area contributed by atoms with Gasteiger partial charge >= 0.3 is 0 Å². The third-order valence-corrected chi connectivity index (χ3v) is 24.5. The summed E-state index contributed by atoms with van der Waals surface area (Å²) in [7, 11) is 0. The quantitative estimate of drug-likeness (QED) is 0.0217. The summed E-state index contributed by atoms with van der Waals surface area (Å²) in [5.74, 6) is 1.66. The predicted molar refractivity (Wildman–Crippen MR) is 514 cm³/mol. The van der Waals surface area contributed by atoms with Crippen LogP contribution in [0, 0.1) is 40.0 Å². The van der Waals surface area contributed by atoms with Gasteiger partial charge in [0.2, 0.25) is 23.1 Å². The van der Waals surface area contributed by atoms with Crippen LogP contribution in [0.2, 0.25) is 4.34 Å². The Bertz CT molecular complexity index is 6660. The van der Waals surface area contributed by atoms with Gasteiger partial charge in [0.05, 0.1) is 35.0 Å². The molecule has 0 spiro atoms. The van der Waals surface area contributed by atoms with E-state index in [9.17, 15) is 33.6 Å². The number of ether oxygens (including phenoxy) is 2. The zero-order chi connectivity index (χ0) is 90.7. The summed E-state index contributed by atoms with van der Waals surface area (Å²) in [4.78, 5) is 108. The van der Waals surface area contributed by atoms with E-state index in [0.29, 0.717) is 90.9 Å². The summed E-state index contributed by atoms with van der Waals surface area (Å²) in [6.45, 7) is 20.1. The first-order valence-electron chi connectivity index (χ1n) is 43.8. The number of thiophene rings is 1. The zero-order valence-electron chi connectivity index (χ0n) is 74.0. The van der Waals surface area contributed by atoms with E-state index in [0.717, 1.165) is 135 Å². The summed E-state index contributed by atoms with van der Waals surface area (Å²) in [5.41, 5.74) is 20.4. The molecule has 8 heterocycles. The topological polar surface area (TPSA) is 307 Å². The molecule has 0 atom stereocenters. The molecule has 1 amide bonds. The van der Waals surface area contributed by atoms with Gasteiger partial charge in [-0.25, -0.2) is 4.98 Å². The normalized spacial score (nSPS) is 12.9. The number of benzene rings is 7. The van der Waals surface area contributed by atoms with Gasteiger partial charge in [0.15, 0.2) is 5.82 Å². The van der Waals surface area contributed by atoms with E-state index in [1.807, 2.05) is 197 Å². The highest BCUT2D eigenvalue weighted by molar-refractivity contribution is 7.19. The van der Waals surface area contributed by atoms with Gasteiger partial charge in [-0.3, -0.25) is 38.7 Å². The van der Waals surface area contributed by atoms with E-state index in [1.165, 1.54) is 72.3 Å². The number of halogens is 1. The largest absolute Gasteiger partial charge is 0.494 e. The lowest BCUT2D eigenvalue weighted by Gasteiger charge is -2.28. The number of amides is 1. The van der Waals surface area contributed by atoms with Crippen LogP contribution in [0.3, 0.4) is 0 Å². The monoisotopic (exact) mass is 1760 g/mol. The number of allylic oxidation sites excluding steroid dienone is 2. The molecule has 0 bridgehead atoms. The number of unbranched alkanes of at least 4 members (excludes halogenated alkanes) is 2. The Kier molecular flexibility index (Phi) is 30.1. The fraction of sp³-hybridized carbons (Fsp3) is 0.255. The Morgan fingerprint density at radius 2 is 1.01 bits per heavy atom. The molecule has 1 fully saturated rings. The predicted octanol–water partition coefficient (Wildman–Crippen LogP) is 24.3. The molecule has 2 aliphatic rings. The van der Waals surface area contributed by atoms with Crippen LogP contribution in [-0.4, -0.2) is 76.1 Å². The van der Waals surface area contributed by atoms with Crippen molar-refractivity contribution < 1.29 is 32.9 Å². The Labute approximate surface area is 758 Å². The fourth-order valence-corrected chi connectivity index (χ4v) is 16.7. The molecule has 15 aromatic rings. The number of hydrogen-bond donors (Lipinski definition) is 6. The summed E-state index contributed by atoms with van der Waals surface area (Å²) in [6.07, 6.45) is 18.3. The van der Waals surface area contributed by atoms with E-state index in [2.05, 4.69) is 116 Å². The van der Waals surface area contributed by atoms with Crippen molar-refractivity contribution in [2.45, 2.75) is 158 Å².